The highest BCUT2D eigenvalue weighted by Crippen LogP contribution is 2.19. The summed E-state index contributed by atoms with van der Waals surface area (Å²) in [5.41, 5.74) is 0. The SMILES string of the molecule is O=C(O)[C@@H]1CCCCCC1=O. The lowest BCUT2D eigenvalue weighted by atomic mass is 10.00. The maximum absolute atomic E-state index is 11.1. The first kappa shape index (κ1) is 8.24. The smallest absolute Gasteiger partial charge is 0.314 e. The third-order valence-corrected chi connectivity index (χ3v) is 2.10. The summed E-state index contributed by atoms with van der Waals surface area (Å²) in [4.78, 5) is 21.6. The number of rotatable bonds is 1. The van der Waals surface area contributed by atoms with Gasteiger partial charge in [0.25, 0.3) is 0 Å². The summed E-state index contributed by atoms with van der Waals surface area (Å²) in [5.74, 6) is -1.75. The van der Waals surface area contributed by atoms with E-state index in [0.717, 1.165) is 19.3 Å². The minimum atomic E-state index is -0.947. The predicted molar refractivity (Wildman–Crippen MR) is 39.2 cm³/mol. The summed E-state index contributed by atoms with van der Waals surface area (Å²) in [6.45, 7) is 0. The Morgan fingerprint density at radius 1 is 1.36 bits per heavy atom. The van der Waals surface area contributed by atoms with Crippen molar-refractivity contribution in [1.82, 2.24) is 0 Å². The van der Waals surface area contributed by atoms with Crippen molar-refractivity contribution in [1.29, 1.82) is 0 Å². The van der Waals surface area contributed by atoms with Crippen LogP contribution in [-0.4, -0.2) is 16.9 Å². The zero-order valence-corrected chi connectivity index (χ0v) is 6.38. The number of hydrogen-bond acceptors (Lipinski definition) is 2. The molecular weight excluding hydrogens is 144 g/mol. The minimum absolute atomic E-state index is 0.0880. The molecule has 0 aromatic rings. The number of hydrogen-bond donors (Lipinski definition) is 1. The number of carboxylic acid groups (broad SMARTS) is 1. The Morgan fingerprint density at radius 2 is 2.09 bits per heavy atom. The van der Waals surface area contributed by atoms with Crippen molar-refractivity contribution in [3.05, 3.63) is 0 Å². The highest BCUT2D eigenvalue weighted by Gasteiger charge is 2.26. The topological polar surface area (TPSA) is 54.4 Å². The first-order valence-corrected chi connectivity index (χ1v) is 3.97. The summed E-state index contributed by atoms with van der Waals surface area (Å²) in [7, 11) is 0. The molecule has 0 radical (unpaired) electrons. The van der Waals surface area contributed by atoms with Crippen LogP contribution in [0.4, 0.5) is 0 Å². The van der Waals surface area contributed by atoms with E-state index in [9.17, 15) is 9.59 Å². The van der Waals surface area contributed by atoms with Crippen molar-refractivity contribution < 1.29 is 14.7 Å². The van der Waals surface area contributed by atoms with Crippen molar-refractivity contribution in [2.75, 3.05) is 0 Å². The van der Waals surface area contributed by atoms with Gasteiger partial charge in [0.15, 0.2) is 0 Å². The minimum Gasteiger partial charge on any atom is -0.481 e. The third kappa shape index (κ3) is 2.03. The lowest BCUT2D eigenvalue weighted by Gasteiger charge is -2.04. The number of aliphatic carboxylic acids is 1. The van der Waals surface area contributed by atoms with E-state index in [4.69, 9.17) is 5.11 Å². The number of Topliss-reactive ketones (excluding diaryl/α,β-unsaturated/α-hetero) is 1. The van der Waals surface area contributed by atoms with Gasteiger partial charge in [-0.2, -0.15) is 0 Å². The first-order chi connectivity index (χ1) is 5.22. The van der Waals surface area contributed by atoms with E-state index < -0.39 is 11.9 Å². The second-order valence-electron chi connectivity index (χ2n) is 2.96. The van der Waals surface area contributed by atoms with E-state index in [1.807, 2.05) is 0 Å². The number of carboxylic acids is 1. The molecule has 11 heavy (non-hydrogen) atoms. The van der Waals surface area contributed by atoms with Crippen LogP contribution in [0, 0.1) is 5.92 Å². The Balaban J connectivity index is 2.59. The van der Waals surface area contributed by atoms with Crippen LogP contribution in [0.25, 0.3) is 0 Å². The normalized spacial score (nSPS) is 26.2. The van der Waals surface area contributed by atoms with Crippen LogP contribution in [0.2, 0.25) is 0 Å². The summed E-state index contributed by atoms with van der Waals surface area (Å²) < 4.78 is 0. The molecule has 1 aliphatic rings. The number of carbonyl (C=O) groups excluding carboxylic acids is 1. The van der Waals surface area contributed by atoms with Crippen molar-refractivity contribution in [3.63, 3.8) is 0 Å². The molecule has 0 unspecified atom stereocenters. The zero-order valence-electron chi connectivity index (χ0n) is 6.38. The molecule has 1 aliphatic carbocycles. The molecule has 1 saturated carbocycles. The van der Waals surface area contributed by atoms with E-state index in [1.165, 1.54) is 0 Å². The van der Waals surface area contributed by atoms with Gasteiger partial charge >= 0.3 is 5.97 Å². The van der Waals surface area contributed by atoms with Crippen molar-refractivity contribution in [2.45, 2.75) is 32.1 Å². The quantitative estimate of drug-likeness (QED) is 0.458. The van der Waals surface area contributed by atoms with Gasteiger partial charge in [-0.25, -0.2) is 0 Å². The Morgan fingerprint density at radius 3 is 2.73 bits per heavy atom. The summed E-state index contributed by atoms with van der Waals surface area (Å²) in [5, 5.41) is 8.61. The molecule has 0 saturated heterocycles. The fraction of sp³-hybridized carbons (Fsp3) is 0.750. The van der Waals surface area contributed by atoms with Crippen LogP contribution in [0.5, 0.6) is 0 Å². The zero-order chi connectivity index (χ0) is 8.27. The van der Waals surface area contributed by atoms with Crippen LogP contribution in [0.3, 0.4) is 0 Å². The molecule has 0 spiro atoms. The summed E-state index contributed by atoms with van der Waals surface area (Å²) >= 11 is 0. The molecule has 0 aliphatic heterocycles. The van der Waals surface area contributed by atoms with Crippen LogP contribution >= 0.6 is 0 Å². The van der Waals surface area contributed by atoms with Gasteiger partial charge in [-0.3, -0.25) is 9.59 Å². The van der Waals surface area contributed by atoms with Gasteiger partial charge in [-0.15, -0.1) is 0 Å². The summed E-state index contributed by atoms with van der Waals surface area (Å²) in [6, 6.07) is 0. The average molecular weight is 156 g/mol. The Kier molecular flexibility index (Phi) is 2.63. The Hall–Kier alpha value is -0.860. The van der Waals surface area contributed by atoms with Crippen molar-refractivity contribution in [3.8, 4) is 0 Å². The third-order valence-electron chi connectivity index (χ3n) is 2.10. The van der Waals surface area contributed by atoms with Crippen molar-refractivity contribution in [2.24, 2.45) is 5.92 Å². The molecule has 1 N–H and O–H groups in total. The fourth-order valence-corrected chi connectivity index (χ4v) is 1.42. The molecule has 0 bridgehead atoms. The van der Waals surface area contributed by atoms with Crippen molar-refractivity contribution >= 4 is 11.8 Å². The maximum Gasteiger partial charge on any atom is 0.314 e. The van der Waals surface area contributed by atoms with Crippen LogP contribution in [-0.2, 0) is 9.59 Å². The van der Waals surface area contributed by atoms with Gasteiger partial charge in [-0.1, -0.05) is 12.8 Å². The Labute approximate surface area is 65.4 Å². The van der Waals surface area contributed by atoms with Gasteiger partial charge in [-0.05, 0) is 12.8 Å². The van der Waals surface area contributed by atoms with Crippen LogP contribution in [0.1, 0.15) is 32.1 Å². The van der Waals surface area contributed by atoms with E-state index in [1.54, 1.807) is 0 Å². The molecule has 3 nitrogen and oxygen atoms in total. The maximum atomic E-state index is 11.1. The molecule has 0 aromatic carbocycles. The highest BCUT2D eigenvalue weighted by atomic mass is 16.4. The van der Waals surface area contributed by atoms with Gasteiger partial charge in [0.2, 0.25) is 0 Å². The Bertz CT molecular complexity index is 174. The van der Waals surface area contributed by atoms with E-state index in [2.05, 4.69) is 0 Å². The summed E-state index contributed by atoms with van der Waals surface area (Å²) in [6.07, 6.45) is 3.73. The number of ketones is 1. The molecule has 0 aromatic heterocycles. The molecular formula is C8H12O3. The highest BCUT2D eigenvalue weighted by molar-refractivity contribution is 5.98. The molecule has 1 fully saturated rings. The van der Waals surface area contributed by atoms with E-state index in [0.29, 0.717) is 12.8 Å². The van der Waals surface area contributed by atoms with E-state index >= 15 is 0 Å². The van der Waals surface area contributed by atoms with Gasteiger partial charge < -0.3 is 5.11 Å². The van der Waals surface area contributed by atoms with Gasteiger partial charge in [0.1, 0.15) is 11.7 Å². The molecule has 0 heterocycles. The van der Waals surface area contributed by atoms with Gasteiger partial charge in [0, 0.05) is 6.42 Å². The lowest BCUT2D eigenvalue weighted by molar-refractivity contribution is -0.146. The average Bonchev–Trinajstić information content (AvgIpc) is 2.13. The van der Waals surface area contributed by atoms with Crippen LogP contribution in [0.15, 0.2) is 0 Å². The van der Waals surface area contributed by atoms with Crippen LogP contribution < -0.4 is 0 Å². The largest absolute Gasteiger partial charge is 0.481 e. The molecule has 0 amide bonds. The first-order valence-electron chi connectivity index (χ1n) is 3.97. The van der Waals surface area contributed by atoms with E-state index in [-0.39, 0.29) is 5.78 Å². The molecule has 62 valence electrons. The second-order valence-corrected chi connectivity index (χ2v) is 2.96. The standard InChI is InChI=1S/C8H12O3/c9-7-5-3-1-2-4-6(7)8(10)11/h6H,1-5H2,(H,10,11)/t6-/m1/s1. The monoisotopic (exact) mass is 156 g/mol. The second kappa shape index (κ2) is 3.51. The molecule has 1 rings (SSSR count). The van der Waals surface area contributed by atoms with Gasteiger partial charge in [0.05, 0.1) is 0 Å². The fourth-order valence-electron chi connectivity index (χ4n) is 1.42. The lowest BCUT2D eigenvalue weighted by Crippen LogP contribution is -2.21. The number of carbonyl (C=O) groups is 2. The predicted octanol–water partition coefficient (Wildman–Crippen LogP) is 1.22. The molecule has 1 atom stereocenters. The molecule has 3 heteroatoms.